The SMILES string of the molecule is CCCC1CC1NS(=O)(=O)c1cccc(NN)c1[N+](=O)[O-]. The first-order valence-corrected chi connectivity index (χ1v) is 8.15. The Morgan fingerprint density at radius 1 is 1.48 bits per heavy atom. The summed E-state index contributed by atoms with van der Waals surface area (Å²) in [6, 6.07) is 3.84. The summed E-state index contributed by atoms with van der Waals surface area (Å²) in [5, 5.41) is 11.1. The number of benzene rings is 1. The van der Waals surface area contributed by atoms with Crippen molar-refractivity contribution >= 4 is 21.4 Å². The molecule has 1 aliphatic rings. The number of sulfonamides is 1. The number of nitrogen functional groups attached to an aromatic ring is 1. The first-order chi connectivity index (χ1) is 9.90. The zero-order chi connectivity index (χ0) is 15.6. The normalized spacial score (nSPS) is 21.0. The van der Waals surface area contributed by atoms with Crippen LogP contribution in [0.1, 0.15) is 26.2 Å². The largest absolute Gasteiger partial charge is 0.318 e. The van der Waals surface area contributed by atoms with Crippen molar-refractivity contribution in [3.05, 3.63) is 28.3 Å². The fourth-order valence-electron chi connectivity index (χ4n) is 2.39. The van der Waals surface area contributed by atoms with Crippen molar-refractivity contribution in [2.24, 2.45) is 11.8 Å². The van der Waals surface area contributed by atoms with Gasteiger partial charge in [-0.1, -0.05) is 19.4 Å². The van der Waals surface area contributed by atoms with Crippen molar-refractivity contribution in [2.45, 2.75) is 37.1 Å². The second-order valence-corrected chi connectivity index (χ2v) is 6.75. The fourth-order valence-corrected chi connectivity index (χ4v) is 3.90. The summed E-state index contributed by atoms with van der Waals surface area (Å²) in [6.45, 7) is 2.03. The molecule has 21 heavy (non-hydrogen) atoms. The topological polar surface area (TPSA) is 127 Å². The summed E-state index contributed by atoms with van der Waals surface area (Å²) in [5.74, 6) is 5.53. The van der Waals surface area contributed by atoms with Crippen molar-refractivity contribution in [2.75, 3.05) is 5.43 Å². The second kappa shape index (κ2) is 5.96. The Hall–Kier alpha value is -1.71. The number of anilines is 1. The minimum absolute atomic E-state index is 0.0382. The van der Waals surface area contributed by atoms with Crippen molar-refractivity contribution < 1.29 is 13.3 Å². The average molecular weight is 314 g/mol. The molecule has 2 rings (SSSR count). The molecule has 1 saturated carbocycles. The molecular formula is C12H18N4O4S. The van der Waals surface area contributed by atoms with Crippen LogP contribution in [0.15, 0.2) is 23.1 Å². The number of para-hydroxylation sites is 1. The van der Waals surface area contributed by atoms with E-state index in [1.165, 1.54) is 18.2 Å². The van der Waals surface area contributed by atoms with E-state index in [0.717, 1.165) is 19.3 Å². The van der Waals surface area contributed by atoms with Gasteiger partial charge in [-0.3, -0.25) is 16.0 Å². The van der Waals surface area contributed by atoms with Crippen molar-refractivity contribution in [3.63, 3.8) is 0 Å². The molecule has 0 aliphatic heterocycles. The molecule has 0 aromatic heterocycles. The molecule has 9 heteroatoms. The highest BCUT2D eigenvalue weighted by atomic mass is 32.2. The Balaban J connectivity index is 2.30. The number of rotatable bonds is 7. The van der Waals surface area contributed by atoms with Gasteiger partial charge in [0.2, 0.25) is 10.0 Å². The van der Waals surface area contributed by atoms with E-state index in [-0.39, 0.29) is 16.6 Å². The summed E-state index contributed by atoms with van der Waals surface area (Å²) >= 11 is 0. The molecule has 8 nitrogen and oxygen atoms in total. The highest BCUT2D eigenvalue weighted by Crippen LogP contribution is 2.37. The first-order valence-electron chi connectivity index (χ1n) is 6.67. The van der Waals surface area contributed by atoms with Crippen LogP contribution in [0.3, 0.4) is 0 Å². The van der Waals surface area contributed by atoms with Gasteiger partial charge in [0, 0.05) is 6.04 Å². The van der Waals surface area contributed by atoms with E-state index in [0.29, 0.717) is 5.92 Å². The average Bonchev–Trinajstić information content (AvgIpc) is 3.15. The maximum atomic E-state index is 12.3. The third-order valence-electron chi connectivity index (χ3n) is 3.52. The molecule has 0 bridgehead atoms. The van der Waals surface area contributed by atoms with Gasteiger partial charge in [-0.2, -0.15) is 0 Å². The van der Waals surface area contributed by atoms with Crippen LogP contribution in [0.2, 0.25) is 0 Å². The minimum Gasteiger partial charge on any atom is -0.318 e. The number of hydrogen-bond acceptors (Lipinski definition) is 6. The molecule has 1 aromatic carbocycles. The summed E-state index contributed by atoms with van der Waals surface area (Å²) < 4.78 is 27.2. The lowest BCUT2D eigenvalue weighted by molar-refractivity contribution is -0.386. The lowest BCUT2D eigenvalue weighted by atomic mass is 10.2. The maximum absolute atomic E-state index is 12.3. The zero-order valence-corrected chi connectivity index (χ0v) is 12.4. The van der Waals surface area contributed by atoms with Gasteiger partial charge in [-0.15, -0.1) is 0 Å². The number of nitrogens with two attached hydrogens (primary N) is 1. The van der Waals surface area contributed by atoms with Crippen LogP contribution in [-0.2, 0) is 10.0 Å². The van der Waals surface area contributed by atoms with Crippen LogP contribution >= 0.6 is 0 Å². The third kappa shape index (κ3) is 3.31. The predicted octanol–water partition coefficient (Wildman–Crippen LogP) is 1.35. The maximum Gasteiger partial charge on any atom is 0.313 e. The molecule has 0 saturated heterocycles. The fraction of sp³-hybridized carbons (Fsp3) is 0.500. The van der Waals surface area contributed by atoms with Crippen molar-refractivity contribution in [1.29, 1.82) is 0 Å². The first kappa shape index (κ1) is 15.7. The molecule has 0 heterocycles. The van der Waals surface area contributed by atoms with E-state index < -0.39 is 20.6 Å². The van der Waals surface area contributed by atoms with E-state index in [9.17, 15) is 18.5 Å². The minimum atomic E-state index is -3.94. The molecule has 2 atom stereocenters. The Morgan fingerprint density at radius 3 is 2.76 bits per heavy atom. The molecule has 1 aliphatic carbocycles. The van der Waals surface area contributed by atoms with E-state index in [4.69, 9.17) is 5.84 Å². The molecule has 4 N–H and O–H groups in total. The monoisotopic (exact) mass is 314 g/mol. The van der Waals surface area contributed by atoms with Gasteiger partial charge in [0.15, 0.2) is 4.90 Å². The lowest BCUT2D eigenvalue weighted by Crippen LogP contribution is -2.28. The second-order valence-electron chi connectivity index (χ2n) is 5.07. The van der Waals surface area contributed by atoms with Crippen LogP contribution in [-0.4, -0.2) is 19.4 Å². The number of nitro groups is 1. The molecule has 0 amide bonds. The van der Waals surface area contributed by atoms with Gasteiger partial charge in [-0.05, 0) is 30.9 Å². The number of nitro benzene ring substituents is 1. The number of nitrogens with zero attached hydrogens (tertiary/aromatic N) is 1. The number of nitrogens with one attached hydrogen (secondary N) is 2. The molecule has 1 fully saturated rings. The lowest BCUT2D eigenvalue weighted by Gasteiger charge is -2.09. The zero-order valence-electron chi connectivity index (χ0n) is 11.6. The molecular weight excluding hydrogens is 296 g/mol. The third-order valence-corrected chi connectivity index (χ3v) is 5.04. The van der Waals surface area contributed by atoms with Crippen LogP contribution in [0, 0.1) is 16.0 Å². The molecule has 2 unspecified atom stereocenters. The Labute approximate surface area is 122 Å². The van der Waals surface area contributed by atoms with Crippen LogP contribution < -0.4 is 16.0 Å². The summed E-state index contributed by atoms with van der Waals surface area (Å²) in [6.07, 6.45) is 2.70. The van der Waals surface area contributed by atoms with Gasteiger partial charge in [0.25, 0.3) is 0 Å². The standard InChI is InChI=1S/C12H18N4O4S/c1-2-4-8-7-10(8)15-21(19,20)11-6-3-5-9(14-13)12(11)16(17)18/h3,5-6,8,10,14-15H,2,4,7,13H2,1H3. The van der Waals surface area contributed by atoms with Crippen LogP contribution in [0.25, 0.3) is 0 Å². The summed E-state index contributed by atoms with van der Waals surface area (Å²) in [7, 11) is -3.94. The molecule has 1 aromatic rings. The molecule has 116 valence electrons. The van der Waals surface area contributed by atoms with Crippen LogP contribution in [0.4, 0.5) is 11.4 Å². The summed E-state index contributed by atoms with van der Waals surface area (Å²) in [4.78, 5) is 10.0. The number of hydrazine groups is 1. The van der Waals surface area contributed by atoms with Crippen LogP contribution in [0.5, 0.6) is 0 Å². The number of hydrogen-bond donors (Lipinski definition) is 3. The van der Waals surface area contributed by atoms with E-state index >= 15 is 0 Å². The van der Waals surface area contributed by atoms with Gasteiger partial charge < -0.3 is 5.43 Å². The predicted molar refractivity (Wildman–Crippen MR) is 78.0 cm³/mol. The highest BCUT2D eigenvalue weighted by Gasteiger charge is 2.41. The van der Waals surface area contributed by atoms with E-state index in [2.05, 4.69) is 10.1 Å². The van der Waals surface area contributed by atoms with E-state index in [1.54, 1.807) is 0 Å². The molecule has 0 radical (unpaired) electrons. The van der Waals surface area contributed by atoms with Gasteiger partial charge in [-0.25, -0.2) is 13.1 Å². The van der Waals surface area contributed by atoms with Crippen molar-refractivity contribution in [1.82, 2.24) is 4.72 Å². The molecule has 0 spiro atoms. The summed E-state index contributed by atoms with van der Waals surface area (Å²) in [5.41, 5.74) is 1.57. The quantitative estimate of drug-likeness (QED) is 0.396. The van der Waals surface area contributed by atoms with Gasteiger partial charge in [0.1, 0.15) is 5.69 Å². The Bertz CT molecular complexity index is 647. The van der Waals surface area contributed by atoms with Gasteiger partial charge in [0.05, 0.1) is 4.92 Å². The highest BCUT2D eigenvalue weighted by molar-refractivity contribution is 7.89. The smallest absolute Gasteiger partial charge is 0.313 e. The Morgan fingerprint density at radius 2 is 2.19 bits per heavy atom. The van der Waals surface area contributed by atoms with Crippen molar-refractivity contribution in [3.8, 4) is 0 Å². The Kier molecular flexibility index (Phi) is 4.45. The van der Waals surface area contributed by atoms with E-state index in [1.807, 2.05) is 6.92 Å². The van der Waals surface area contributed by atoms with Gasteiger partial charge >= 0.3 is 5.69 Å².